The molecule has 0 radical (unpaired) electrons. The summed E-state index contributed by atoms with van der Waals surface area (Å²) in [6.07, 6.45) is 5.95. The van der Waals surface area contributed by atoms with Crippen molar-refractivity contribution in [1.29, 1.82) is 0 Å². The molecule has 1 spiro atoms. The maximum Gasteiger partial charge on any atom is 0.134 e. The Hall–Kier alpha value is -2.08. The summed E-state index contributed by atoms with van der Waals surface area (Å²) in [6.45, 7) is 3.72. The summed E-state index contributed by atoms with van der Waals surface area (Å²) >= 11 is 0. The van der Waals surface area contributed by atoms with Gasteiger partial charge in [0.05, 0.1) is 13.3 Å². The number of aromatic nitrogens is 3. The zero-order valence-corrected chi connectivity index (χ0v) is 14.1. The molecule has 1 saturated carbocycles. The molecule has 1 aromatic carbocycles. The third-order valence-electron chi connectivity index (χ3n) is 5.38. The maximum absolute atomic E-state index is 5.77. The molecule has 0 bridgehead atoms. The first-order chi connectivity index (χ1) is 11.8. The second-order valence-corrected chi connectivity index (χ2v) is 6.91. The van der Waals surface area contributed by atoms with Crippen molar-refractivity contribution in [3.05, 3.63) is 36.2 Å². The Labute approximate surface area is 142 Å². The highest BCUT2D eigenvalue weighted by Crippen LogP contribution is 2.59. The van der Waals surface area contributed by atoms with E-state index < -0.39 is 0 Å². The zero-order chi connectivity index (χ0) is 16.4. The molecule has 1 atom stereocenters. The van der Waals surface area contributed by atoms with Gasteiger partial charge in [0.15, 0.2) is 0 Å². The third-order valence-corrected chi connectivity index (χ3v) is 5.38. The molecule has 1 saturated heterocycles. The summed E-state index contributed by atoms with van der Waals surface area (Å²) in [5.41, 5.74) is 1.44. The molecular weight excluding hydrogens is 304 g/mol. The number of nitrogens with zero attached hydrogens (tertiary/aromatic N) is 3. The van der Waals surface area contributed by atoms with Crippen LogP contribution in [0.25, 0.3) is 0 Å². The molecular formula is C18H24N4O2. The Bertz CT molecular complexity index is 694. The van der Waals surface area contributed by atoms with Gasteiger partial charge in [-0.2, -0.15) is 0 Å². The maximum atomic E-state index is 5.77. The monoisotopic (exact) mass is 328 g/mol. The van der Waals surface area contributed by atoms with E-state index in [-0.39, 0.29) is 0 Å². The lowest BCUT2D eigenvalue weighted by atomic mass is 9.92. The predicted molar refractivity (Wildman–Crippen MR) is 90.0 cm³/mol. The van der Waals surface area contributed by atoms with Crippen LogP contribution in [0, 0.1) is 11.3 Å². The van der Waals surface area contributed by atoms with Crippen LogP contribution in [0.15, 0.2) is 30.5 Å². The van der Waals surface area contributed by atoms with Crippen LogP contribution in [0.5, 0.6) is 11.5 Å². The topological polar surface area (TPSA) is 61.2 Å². The highest BCUT2D eigenvalue weighted by atomic mass is 16.5. The lowest BCUT2D eigenvalue weighted by molar-refractivity contribution is 0.298. The Morgan fingerprint density at radius 3 is 2.96 bits per heavy atom. The smallest absolute Gasteiger partial charge is 0.134 e. The molecule has 2 aliphatic rings. The first-order valence-corrected chi connectivity index (χ1v) is 8.64. The number of ether oxygens (including phenoxy) is 2. The highest BCUT2D eigenvalue weighted by Gasteiger charge is 2.53. The number of rotatable bonds is 6. The van der Waals surface area contributed by atoms with Crippen molar-refractivity contribution in [2.45, 2.75) is 32.4 Å². The normalized spacial score (nSPS) is 21.6. The van der Waals surface area contributed by atoms with E-state index >= 15 is 0 Å². The van der Waals surface area contributed by atoms with Crippen LogP contribution in [-0.4, -0.2) is 35.2 Å². The first-order valence-electron chi connectivity index (χ1n) is 8.64. The summed E-state index contributed by atoms with van der Waals surface area (Å²) in [6, 6.07) is 7.60. The fourth-order valence-corrected chi connectivity index (χ4v) is 3.79. The molecule has 1 N–H and O–H groups in total. The molecule has 2 aromatic rings. The van der Waals surface area contributed by atoms with E-state index in [0.717, 1.165) is 42.7 Å². The van der Waals surface area contributed by atoms with Gasteiger partial charge in [-0.1, -0.05) is 11.3 Å². The number of nitrogens with one attached hydrogen (secondary N) is 1. The molecule has 1 unspecified atom stereocenters. The van der Waals surface area contributed by atoms with Gasteiger partial charge in [0.25, 0.3) is 0 Å². The molecule has 1 aliphatic heterocycles. The molecule has 6 heteroatoms. The average Bonchev–Trinajstić information content (AvgIpc) is 3.06. The van der Waals surface area contributed by atoms with E-state index in [1.807, 2.05) is 35.1 Å². The number of hydrogen-bond acceptors (Lipinski definition) is 5. The second-order valence-electron chi connectivity index (χ2n) is 6.91. The van der Waals surface area contributed by atoms with Gasteiger partial charge < -0.3 is 14.8 Å². The van der Waals surface area contributed by atoms with E-state index in [1.54, 1.807) is 7.11 Å². The van der Waals surface area contributed by atoms with Crippen molar-refractivity contribution in [1.82, 2.24) is 20.3 Å². The fourth-order valence-electron chi connectivity index (χ4n) is 3.79. The van der Waals surface area contributed by atoms with Gasteiger partial charge in [0.1, 0.15) is 23.8 Å². The molecule has 1 aliphatic carbocycles. The minimum Gasteiger partial charge on any atom is -0.497 e. The van der Waals surface area contributed by atoms with E-state index in [2.05, 4.69) is 15.6 Å². The van der Waals surface area contributed by atoms with Crippen LogP contribution in [0.1, 0.15) is 25.0 Å². The number of hydrogen-bond donors (Lipinski definition) is 1. The van der Waals surface area contributed by atoms with Gasteiger partial charge in [-0.25, -0.2) is 0 Å². The average molecular weight is 328 g/mol. The van der Waals surface area contributed by atoms with E-state index in [1.165, 1.54) is 19.3 Å². The first kappa shape index (κ1) is 15.4. The summed E-state index contributed by atoms with van der Waals surface area (Å²) in [7, 11) is 1.65. The van der Waals surface area contributed by atoms with E-state index in [0.29, 0.717) is 12.0 Å². The Morgan fingerprint density at radius 1 is 1.29 bits per heavy atom. The minimum atomic E-state index is 0.424. The minimum absolute atomic E-state index is 0.424. The van der Waals surface area contributed by atoms with Crippen molar-refractivity contribution >= 4 is 0 Å². The number of benzene rings is 1. The van der Waals surface area contributed by atoms with Gasteiger partial charge in [-0.15, -0.1) is 5.10 Å². The van der Waals surface area contributed by atoms with Crippen LogP contribution >= 0.6 is 0 Å². The van der Waals surface area contributed by atoms with Gasteiger partial charge in [0.2, 0.25) is 0 Å². The zero-order valence-electron chi connectivity index (χ0n) is 14.1. The van der Waals surface area contributed by atoms with Gasteiger partial charge >= 0.3 is 0 Å². The summed E-state index contributed by atoms with van der Waals surface area (Å²) < 4.78 is 13.0. The predicted octanol–water partition coefficient (Wildman–Crippen LogP) is 2.26. The highest BCUT2D eigenvalue weighted by molar-refractivity contribution is 5.32. The van der Waals surface area contributed by atoms with Crippen LogP contribution in [0.4, 0.5) is 0 Å². The Balaban J connectivity index is 1.30. The van der Waals surface area contributed by atoms with Crippen LogP contribution in [-0.2, 0) is 13.2 Å². The van der Waals surface area contributed by atoms with Crippen molar-refractivity contribution in [3.63, 3.8) is 0 Å². The standard InChI is InChI=1S/C18H24N4O2/c1-23-16-3-2-4-17(9-16)24-13-15-12-22(21-20-15)11-14-10-18(14)5-7-19-8-6-18/h2-4,9,12,14,19H,5-8,10-11,13H2,1H3. The molecule has 6 nitrogen and oxygen atoms in total. The number of methoxy groups -OCH3 is 1. The Morgan fingerprint density at radius 2 is 2.12 bits per heavy atom. The van der Waals surface area contributed by atoms with Gasteiger partial charge in [-0.05, 0) is 55.8 Å². The Kier molecular flexibility index (Phi) is 4.14. The molecule has 2 heterocycles. The molecule has 0 amide bonds. The van der Waals surface area contributed by atoms with Gasteiger partial charge in [0, 0.05) is 12.6 Å². The summed E-state index contributed by atoms with van der Waals surface area (Å²) in [5.74, 6) is 2.32. The van der Waals surface area contributed by atoms with E-state index in [4.69, 9.17) is 9.47 Å². The summed E-state index contributed by atoms with van der Waals surface area (Å²) in [5, 5.41) is 11.9. The fraction of sp³-hybridized carbons (Fsp3) is 0.556. The quantitative estimate of drug-likeness (QED) is 0.881. The van der Waals surface area contributed by atoms with Crippen molar-refractivity contribution in [3.8, 4) is 11.5 Å². The lowest BCUT2D eigenvalue weighted by Crippen LogP contribution is -2.30. The third kappa shape index (κ3) is 3.24. The molecule has 128 valence electrons. The SMILES string of the molecule is COc1cccc(OCc2cn(CC3CC34CCNCC4)nn2)c1. The van der Waals surface area contributed by atoms with Crippen molar-refractivity contribution < 1.29 is 9.47 Å². The van der Waals surface area contributed by atoms with Crippen LogP contribution < -0.4 is 14.8 Å². The van der Waals surface area contributed by atoms with Gasteiger partial charge in [-0.3, -0.25) is 4.68 Å². The molecule has 2 fully saturated rings. The molecule has 1 aromatic heterocycles. The molecule has 4 rings (SSSR count). The number of piperidine rings is 1. The van der Waals surface area contributed by atoms with Crippen LogP contribution in [0.3, 0.4) is 0 Å². The van der Waals surface area contributed by atoms with Crippen molar-refractivity contribution in [2.24, 2.45) is 11.3 Å². The summed E-state index contributed by atoms with van der Waals surface area (Å²) in [4.78, 5) is 0. The second kappa shape index (κ2) is 6.43. The molecule has 24 heavy (non-hydrogen) atoms. The van der Waals surface area contributed by atoms with Crippen molar-refractivity contribution in [2.75, 3.05) is 20.2 Å². The lowest BCUT2D eigenvalue weighted by Gasteiger charge is -2.23. The largest absolute Gasteiger partial charge is 0.497 e. The van der Waals surface area contributed by atoms with E-state index in [9.17, 15) is 0 Å². The van der Waals surface area contributed by atoms with Crippen LogP contribution in [0.2, 0.25) is 0 Å².